The summed E-state index contributed by atoms with van der Waals surface area (Å²) in [6.45, 7) is 11.8. The number of oxazole rings is 2. The summed E-state index contributed by atoms with van der Waals surface area (Å²) in [5, 5.41) is 8.88. The minimum absolute atomic E-state index is 0. The van der Waals surface area contributed by atoms with Crippen molar-refractivity contribution >= 4 is 53.0 Å². The van der Waals surface area contributed by atoms with E-state index < -0.39 is 76.4 Å². The summed E-state index contributed by atoms with van der Waals surface area (Å²) < 4.78 is 98.6. The number of aromatic carboxylic acids is 1. The number of nitrogens with two attached hydrogens (primary N) is 2. The highest BCUT2D eigenvalue weighted by Gasteiger charge is 2.23. The number of carbonyl (C=O) groups is 7. The van der Waals surface area contributed by atoms with Gasteiger partial charge in [-0.15, -0.1) is 0 Å². The molecule has 2 heterocycles. The smallest absolute Gasteiger partial charge is 0.376 e. The summed E-state index contributed by atoms with van der Waals surface area (Å²) in [4.78, 5) is 86.6. The number of halogens is 5. The van der Waals surface area contributed by atoms with Gasteiger partial charge in [-0.1, -0.05) is 68.1 Å². The fourth-order valence-corrected chi connectivity index (χ4v) is 6.50. The number of ether oxygens (including phenoxy) is 5. The predicted molar refractivity (Wildman–Crippen MR) is 296 cm³/mol. The molecule has 0 aliphatic rings. The van der Waals surface area contributed by atoms with E-state index in [1.807, 2.05) is 0 Å². The molecule has 0 fully saturated rings. The lowest BCUT2D eigenvalue weighted by atomic mass is 10.1. The molecule has 5 N–H and O–H groups in total. The highest BCUT2D eigenvalue weighted by Crippen LogP contribution is 2.26. The Morgan fingerprint density at radius 2 is 0.976 bits per heavy atom. The van der Waals surface area contributed by atoms with Crippen molar-refractivity contribution < 1.29 is 93.1 Å². The van der Waals surface area contributed by atoms with E-state index in [2.05, 4.69) is 19.4 Å². The number of benzene rings is 5. The van der Waals surface area contributed by atoms with Crippen LogP contribution in [0.4, 0.5) is 22.0 Å². The van der Waals surface area contributed by atoms with Crippen LogP contribution in [0.5, 0.6) is 0 Å². The standard InChI is InChI=1S/C13H14FNO4.C13H12FNO3.C11H8FNO3.C11H12FNO2.C11H11FO3.CH4/c1-3-18-13(17)12(19-8(2)16)11(15)9-5-4-6-10(14)7-9;1-3-17-13(16)12-11(15-8(2)18-12)9-5-4-6-10(14)7-9;1-6-13-9(10(16-6)11(14)15)7-3-2-4-8(12)5-7;2*1-2-15-11(14)7-10(13)8-4-3-5-9(12)6-8;/h4-7H,3,15H2,1-2H3;4-7H,3H2,1-2H3;2-5H,1H3,(H,14,15);3-7H,2,13H2,1H3;3-6H,2,7H2,1H3;1H4/b12-11-;;;10-7+;;. The number of nitrogens with zero attached hydrogens (tertiary/aromatic N) is 2. The largest absolute Gasteiger partial charge is 0.475 e. The third-order valence-corrected chi connectivity index (χ3v) is 9.88. The molecule has 0 bridgehead atoms. The van der Waals surface area contributed by atoms with Gasteiger partial charge in [0.2, 0.25) is 17.3 Å². The van der Waals surface area contributed by atoms with Crippen LogP contribution in [0.15, 0.2) is 142 Å². The summed E-state index contributed by atoms with van der Waals surface area (Å²) in [6.07, 6.45) is 0.787. The van der Waals surface area contributed by atoms with E-state index in [1.165, 1.54) is 91.9 Å². The average Bonchev–Trinajstić information content (AvgIpc) is 4.16. The van der Waals surface area contributed by atoms with E-state index in [0.29, 0.717) is 28.3 Å². The summed E-state index contributed by atoms with van der Waals surface area (Å²) >= 11 is 0. The van der Waals surface area contributed by atoms with Crippen LogP contribution in [0, 0.1) is 42.9 Å². The van der Waals surface area contributed by atoms with Crippen LogP contribution in [-0.4, -0.2) is 83.1 Å². The molecule has 84 heavy (non-hydrogen) atoms. The quantitative estimate of drug-likeness (QED) is 0.0154. The SMILES string of the molecule is C.CCOC(=O)/C(OC(C)=O)=C(/N)c1cccc(F)c1.CCOC(=O)/C=C(/N)c1cccc(F)c1.CCOC(=O)CC(=O)c1cccc(F)c1.CCOC(=O)c1oc(C)nc1-c1cccc(F)c1.Cc1nc(-c2cccc(F)c2)c(C(=O)O)o1. The Morgan fingerprint density at radius 3 is 1.43 bits per heavy atom. The highest BCUT2D eigenvalue weighted by atomic mass is 19.1. The molecule has 19 nitrogen and oxygen atoms in total. The van der Waals surface area contributed by atoms with Crippen molar-refractivity contribution in [2.75, 3.05) is 26.4 Å². The third-order valence-electron chi connectivity index (χ3n) is 9.88. The topological polar surface area (TPSA) is 290 Å². The van der Waals surface area contributed by atoms with Crippen molar-refractivity contribution in [3.63, 3.8) is 0 Å². The van der Waals surface area contributed by atoms with Crippen LogP contribution in [-0.2, 0) is 42.9 Å². The zero-order valence-electron chi connectivity index (χ0n) is 45.8. The molecule has 0 spiro atoms. The Morgan fingerprint density at radius 1 is 0.560 bits per heavy atom. The number of ketones is 1. The number of carboxylic acids is 1. The Balaban J connectivity index is 0.000000358. The molecule has 0 saturated carbocycles. The van der Waals surface area contributed by atoms with Crippen LogP contribution in [0.1, 0.15) is 103 Å². The van der Waals surface area contributed by atoms with Gasteiger partial charge >= 0.3 is 35.8 Å². The molecular formula is C60H61F5N4O15. The van der Waals surface area contributed by atoms with Gasteiger partial charge in [0.1, 0.15) is 46.9 Å². The van der Waals surface area contributed by atoms with Crippen molar-refractivity contribution in [2.24, 2.45) is 11.5 Å². The number of aryl methyl sites for hydroxylation is 2. The van der Waals surface area contributed by atoms with Crippen molar-refractivity contribution in [2.45, 2.75) is 62.3 Å². The molecular weight excluding hydrogens is 1110 g/mol. The molecule has 0 unspecified atom stereocenters. The molecule has 0 saturated heterocycles. The maximum atomic E-state index is 13.2. The van der Waals surface area contributed by atoms with Crippen LogP contribution >= 0.6 is 0 Å². The number of aromatic nitrogens is 2. The molecule has 446 valence electrons. The van der Waals surface area contributed by atoms with Crippen LogP contribution in [0.3, 0.4) is 0 Å². The monoisotopic (exact) mass is 1170 g/mol. The molecule has 24 heteroatoms. The zero-order chi connectivity index (χ0) is 61.8. The van der Waals surface area contributed by atoms with Crippen molar-refractivity contribution in [1.29, 1.82) is 0 Å². The van der Waals surface area contributed by atoms with E-state index in [9.17, 15) is 55.5 Å². The second-order valence-corrected chi connectivity index (χ2v) is 16.2. The second-order valence-electron chi connectivity index (χ2n) is 16.2. The number of carboxylic acid groups (broad SMARTS) is 1. The van der Waals surface area contributed by atoms with Crippen LogP contribution in [0.25, 0.3) is 33.9 Å². The first-order valence-electron chi connectivity index (χ1n) is 24.7. The maximum Gasteiger partial charge on any atom is 0.376 e. The first kappa shape index (κ1) is 69.8. The minimum atomic E-state index is -1.22. The number of Topliss-reactive ketones (excluding diaryl/α,β-unsaturated/α-hetero) is 1. The summed E-state index contributed by atoms with van der Waals surface area (Å²) in [7, 11) is 0. The average molecular weight is 1170 g/mol. The number of esters is 5. The molecule has 7 rings (SSSR count). The van der Waals surface area contributed by atoms with E-state index in [1.54, 1.807) is 58.9 Å². The summed E-state index contributed by atoms with van der Waals surface area (Å²) in [5.41, 5.74) is 13.5. The minimum Gasteiger partial charge on any atom is -0.475 e. The lowest BCUT2D eigenvalue weighted by Crippen LogP contribution is -2.18. The maximum absolute atomic E-state index is 13.2. The van der Waals surface area contributed by atoms with E-state index >= 15 is 0 Å². The Kier molecular flexibility index (Phi) is 29.5. The highest BCUT2D eigenvalue weighted by molar-refractivity contribution is 6.06. The summed E-state index contributed by atoms with van der Waals surface area (Å²) in [6, 6.07) is 27.6. The zero-order valence-corrected chi connectivity index (χ0v) is 45.8. The van der Waals surface area contributed by atoms with E-state index in [0.717, 1.165) is 25.1 Å². The van der Waals surface area contributed by atoms with Gasteiger partial charge in [-0.3, -0.25) is 14.4 Å². The summed E-state index contributed by atoms with van der Waals surface area (Å²) in [5.74, 6) is -7.39. The molecule has 7 aromatic rings. The molecule has 0 aliphatic heterocycles. The molecule has 0 aliphatic carbocycles. The molecule has 0 radical (unpaired) electrons. The van der Waals surface area contributed by atoms with Crippen LogP contribution < -0.4 is 11.5 Å². The van der Waals surface area contributed by atoms with Crippen molar-refractivity contribution in [3.8, 4) is 22.5 Å². The first-order chi connectivity index (χ1) is 39.4. The van der Waals surface area contributed by atoms with Gasteiger partial charge in [-0.2, -0.15) is 0 Å². The Bertz CT molecular complexity index is 3450. The number of rotatable bonds is 16. The van der Waals surface area contributed by atoms with Gasteiger partial charge in [0, 0.05) is 60.4 Å². The van der Waals surface area contributed by atoms with Crippen molar-refractivity contribution in [3.05, 3.63) is 202 Å². The second kappa shape index (κ2) is 35.5. The molecule has 0 atom stereocenters. The Labute approximate surface area is 479 Å². The van der Waals surface area contributed by atoms with Crippen molar-refractivity contribution in [1.82, 2.24) is 9.97 Å². The molecule has 2 aromatic heterocycles. The molecule has 5 aromatic carbocycles. The van der Waals surface area contributed by atoms with Gasteiger partial charge in [0.25, 0.3) is 0 Å². The number of carbonyl (C=O) groups excluding carboxylic acids is 6. The lowest BCUT2D eigenvalue weighted by molar-refractivity contribution is -0.149. The van der Waals surface area contributed by atoms with Gasteiger partial charge in [0.05, 0.1) is 32.1 Å². The fourth-order valence-electron chi connectivity index (χ4n) is 6.50. The number of hydrogen-bond donors (Lipinski definition) is 3. The fraction of sp³-hybridized carbons (Fsp3) is 0.217. The van der Waals surface area contributed by atoms with Gasteiger partial charge < -0.3 is 49.1 Å². The normalized spacial score (nSPS) is 10.5. The predicted octanol–water partition coefficient (Wildman–Crippen LogP) is 11.3. The van der Waals surface area contributed by atoms with Gasteiger partial charge in [-0.05, 0) is 88.4 Å². The first-order valence-corrected chi connectivity index (χ1v) is 24.7. The lowest BCUT2D eigenvalue weighted by Gasteiger charge is -2.10. The van der Waals surface area contributed by atoms with Gasteiger partial charge in [-0.25, -0.2) is 51.1 Å². The van der Waals surface area contributed by atoms with E-state index in [-0.39, 0.29) is 85.9 Å². The third kappa shape index (κ3) is 23.4. The van der Waals surface area contributed by atoms with Crippen LogP contribution in [0.2, 0.25) is 0 Å². The number of hydrogen-bond acceptors (Lipinski definition) is 18. The van der Waals surface area contributed by atoms with Gasteiger partial charge in [0.15, 0.2) is 17.6 Å². The van der Waals surface area contributed by atoms with E-state index in [4.69, 9.17) is 39.6 Å². The Hall–Kier alpha value is -10.3. The molecule has 0 amide bonds.